The van der Waals surface area contributed by atoms with Crippen molar-refractivity contribution in [2.45, 2.75) is 6.17 Å². The molecule has 1 fully saturated rings. The quantitative estimate of drug-likeness (QED) is 0.666. The van der Waals surface area contributed by atoms with Gasteiger partial charge in [-0.25, -0.2) is 0 Å². The summed E-state index contributed by atoms with van der Waals surface area (Å²) >= 11 is 0. The molecule has 7 heteroatoms. The largest absolute Gasteiger partial charge is 0.379 e. The number of hydrogen-bond acceptors (Lipinski definition) is 5. The molecule has 1 heterocycles. The molecule has 25 heavy (non-hydrogen) atoms. The summed E-state index contributed by atoms with van der Waals surface area (Å²) in [6, 6.07) is 15.3. The fraction of sp³-hybridized carbons (Fsp3) is 0.278. The lowest BCUT2D eigenvalue weighted by molar-refractivity contribution is -0.384. The van der Waals surface area contributed by atoms with Crippen molar-refractivity contribution >= 4 is 11.6 Å². The molecular formula is C18H19N3O4. The second-order valence-corrected chi connectivity index (χ2v) is 5.74. The van der Waals surface area contributed by atoms with Crippen LogP contribution in [-0.4, -0.2) is 42.0 Å². The van der Waals surface area contributed by atoms with Crippen LogP contribution in [0.15, 0.2) is 54.6 Å². The van der Waals surface area contributed by atoms with Crippen LogP contribution in [0.2, 0.25) is 0 Å². The normalized spacial score (nSPS) is 16.2. The maximum atomic E-state index is 12.6. The summed E-state index contributed by atoms with van der Waals surface area (Å²) in [5, 5.41) is 13.8. The predicted octanol–water partition coefficient (Wildman–Crippen LogP) is 2.36. The van der Waals surface area contributed by atoms with Crippen LogP contribution in [0.25, 0.3) is 0 Å². The molecule has 1 N–H and O–H groups in total. The lowest BCUT2D eigenvalue weighted by Crippen LogP contribution is -2.46. The third-order valence-electron chi connectivity index (χ3n) is 4.13. The van der Waals surface area contributed by atoms with E-state index in [0.29, 0.717) is 18.8 Å². The van der Waals surface area contributed by atoms with Gasteiger partial charge in [0.2, 0.25) is 0 Å². The van der Waals surface area contributed by atoms with E-state index in [9.17, 15) is 14.9 Å². The maximum Gasteiger partial charge on any atom is 0.269 e. The summed E-state index contributed by atoms with van der Waals surface area (Å²) in [5.74, 6) is -0.268. The molecule has 1 amide bonds. The minimum atomic E-state index is -0.484. The molecule has 0 spiro atoms. The minimum absolute atomic E-state index is 0.0376. The first-order valence-electron chi connectivity index (χ1n) is 8.07. The van der Waals surface area contributed by atoms with E-state index in [1.54, 1.807) is 0 Å². The molecule has 1 unspecified atom stereocenters. The van der Waals surface area contributed by atoms with Gasteiger partial charge in [-0.1, -0.05) is 30.3 Å². The monoisotopic (exact) mass is 341 g/mol. The number of nitrogens with one attached hydrogen (secondary N) is 1. The molecule has 0 aliphatic carbocycles. The van der Waals surface area contributed by atoms with Gasteiger partial charge < -0.3 is 10.1 Å². The SMILES string of the molecule is O=C(NC(c1ccccc1)N1CCOCC1)c1ccc([N+](=O)[O-])cc1. The standard InChI is InChI=1S/C18H19N3O4/c22-18(15-6-8-16(9-7-15)21(23)24)19-17(14-4-2-1-3-5-14)20-10-12-25-13-11-20/h1-9,17H,10-13H2,(H,19,22). The molecule has 0 bridgehead atoms. The van der Waals surface area contributed by atoms with Crippen molar-refractivity contribution in [3.8, 4) is 0 Å². The smallest absolute Gasteiger partial charge is 0.269 e. The van der Waals surface area contributed by atoms with Crippen LogP contribution in [0, 0.1) is 10.1 Å². The van der Waals surface area contributed by atoms with Crippen molar-refractivity contribution in [2.24, 2.45) is 0 Å². The Bertz CT molecular complexity index is 728. The van der Waals surface area contributed by atoms with Gasteiger partial charge in [-0.2, -0.15) is 0 Å². The first kappa shape index (κ1) is 17.1. The van der Waals surface area contributed by atoms with Gasteiger partial charge in [0, 0.05) is 30.8 Å². The number of ether oxygens (including phenoxy) is 1. The third-order valence-corrected chi connectivity index (χ3v) is 4.13. The summed E-state index contributed by atoms with van der Waals surface area (Å²) in [4.78, 5) is 25.0. The zero-order chi connectivity index (χ0) is 17.6. The number of nitro benzene ring substituents is 1. The Morgan fingerprint density at radius 1 is 1.08 bits per heavy atom. The maximum absolute atomic E-state index is 12.6. The number of carbonyl (C=O) groups excluding carboxylic acids is 1. The molecule has 0 radical (unpaired) electrons. The van der Waals surface area contributed by atoms with Gasteiger partial charge in [-0.3, -0.25) is 19.8 Å². The molecule has 0 saturated carbocycles. The van der Waals surface area contributed by atoms with Gasteiger partial charge in [-0.05, 0) is 17.7 Å². The molecule has 3 rings (SSSR count). The zero-order valence-corrected chi connectivity index (χ0v) is 13.6. The number of benzene rings is 2. The molecule has 1 aliphatic rings. The number of rotatable bonds is 5. The fourth-order valence-corrected chi connectivity index (χ4v) is 2.80. The minimum Gasteiger partial charge on any atom is -0.379 e. The number of nitro groups is 1. The van der Waals surface area contributed by atoms with Crippen molar-refractivity contribution in [1.29, 1.82) is 0 Å². The van der Waals surface area contributed by atoms with Gasteiger partial charge in [-0.15, -0.1) is 0 Å². The predicted molar refractivity (Wildman–Crippen MR) is 92.1 cm³/mol. The zero-order valence-electron chi connectivity index (χ0n) is 13.6. The number of nitrogens with zero attached hydrogens (tertiary/aromatic N) is 2. The molecule has 2 aromatic carbocycles. The van der Waals surface area contributed by atoms with Gasteiger partial charge in [0.05, 0.1) is 18.1 Å². The first-order chi connectivity index (χ1) is 12.1. The van der Waals surface area contributed by atoms with Gasteiger partial charge in [0.1, 0.15) is 6.17 Å². The second-order valence-electron chi connectivity index (χ2n) is 5.74. The summed E-state index contributed by atoms with van der Waals surface area (Å²) in [6.07, 6.45) is -0.271. The number of morpholine rings is 1. The van der Waals surface area contributed by atoms with E-state index < -0.39 is 4.92 Å². The van der Waals surface area contributed by atoms with Crippen LogP contribution in [0.1, 0.15) is 22.1 Å². The van der Waals surface area contributed by atoms with Crippen molar-refractivity contribution in [2.75, 3.05) is 26.3 Å². The lowest BCUT2D eigenvalue weighted by atomic mass is 10.1. The van der Waals surface area contributed by atoms with Crippen LogP contribution in [-0.2, 0) is 4.74 Å². The highest BCUT2D eigenvalue weighted by atomic mass is 16.6. The number of amides is 1. The van der Waals surface area contributed by atoms with Gasteiger partial charge >= 0.3 is 0 Å². The van der Waals surface area contributed by atoms with Crippen molar-refractivity contribution in [1.82, 2.24) is 10.2 Å². The van der Waals surface area contributed by atoms with Gasteiger partial charge in [0.15, 0.2) is 0 Å². The lowest BCUT2D eigenvalue weighted by Gasteiger charge is -2.35. The van der Waals surface area contributed by atoms with E-state index in [2.05, 4.69) is 10.2 Å². The molecule has 7 nitrogen and oxygen atoms in total. The first-order valence-corrected chi connectivity index (χ1v) is 8.07. The van der Waals surface area contributed by atoms with Crippen molar-refractivity contribution < 1.29 is 14.5 Å². The Labute approximate surface area is 145 Å². The van der Waals surface area contributed by atoms with E-state index in [4.69, 9.17) is 4.74 Å². The van der Waals surface area contributed by atoms with Crippen LogP contribution in [0.4, 0.5) is 5.69 Å². The van der Waals surface area contributed by atoms with E-state index in [1.807, 2.05) is 30.3 Å². The Morgan fingerprint density at radius 3 is 2.32 bits per heavy atom. The molecule has 1 atom stereocenters. The Kier molecular flexibility index (Phi) is 5.37. The molecule has 0 aromatic heterocycles. The molecular weight excluding hydrogens is 322 g/mol. The van der Waals surface area contributed by atoms with Crippen LogP contribution >= 0.6 is 0 Å². The molecule has 2 aromatic rings. The van der Waals surface area contributed by atoms with Crippen molar-refractivity contribution in [3.05, 3.63) is 75.8 Å². The number of non-ortho nitro benzene ring substituents is 1. The second kappa shape index (κ2) is 7.87. The topological polar surface area (TPSA) is 84.7 Å². The summed E-state index contributed by atoms with van der Waals surface area (Å²) in [5.41, 5.74) is 1.34. The van der Waals surface area contributed by atoms with E-state index in [-0.39, 0.29) is 17.8 Å². The Morgan fingerprint density at radius 2 is 1.72 bits per heavy atom. The van der Waals surface area contributed by atoms with Crippen LogP contribution in [0.3, 0.4) is 0 Å². The van der Waals surface area contributed by atoms with Gasteiger partial charge in [0.25, 0.3) is 11.6 Å². The van der Waals surface area contributed by atoms with E-state index in [0.717, 1.165) is 18.7 Å². The average Bonchev–Trinajstić information content (AvgIpc) is 2.67. The highest BCUT2D eigenvalue weighted by molar-refractivity contribution is 5.94. The Hall–Kier alpha value is -2.77. The number of carbonyl (C=O) groups is 1. The summed E-state index contributed by atoms with van der Waals surface area (Å²) in [7, 11) is 0. The highest BCUT2D eigenvalue weighted by Gasteiger charge is 2.24. The highest BCUT2D eigenvalue weighted by Crippen LogP contribution is 2.20. The summed E-state index contributed by atoms with van der Waals surface area (Å²) < 4.78 is 5.39. The molecule has 1 saturated heterocycles. The molecule has 130 valence electrons. The third kappa shape index (κ3) is 4.20. The van der Waals surface area contributed by atoms with Crippen LogP contribution < -0.4 is 5.32 Å². The van der Waals surface area contributed by atoms with Crippen LogP contribution in [0.5, 0.6) is 0 Å². The fourth-order valence-electron chi connectivity index (χ4n) is 2.80. The summed E-state index contributed by atoms with van der Waals surface area (Å²) in [6.45, 7) is 2.69. The Balaban J connectivity index is 1.79. The molecule has 1 aliphatic heterocycles. The van der Waals surface area contributed by atoms with E-state index >= 15 is 0 Å². The average molecular weight is 341 g/mol. The van der Waals surface area contributed by atoms with Crippen molar-refractivity contribution in [3.63, 3.8) is 0 Å². The van der Waals surface area contributed by atoms with E-state index in [1.165, 1.54) is 24.3 Å². The number of hydrogen-bond donors (Lipinski definition) is 1.